The van der Waals surface area contributed by atoms with E-state index in [-0.39, 0.29) is 5.91 Å². The smallest absolute Gasteiger partial charge is 0.253 e. The van der Waals surface area contributed by atoms with Crippen molar-refractivity contribution < 1.29 is 4.79 Å². The maximum Gasteiger partial charge on any atom is 0.253 e. The molecule has 0 aromatic heterocycles. The number of nitrogen functional groups attached to an aromatic ring is 1. The zero-order valence-corrected chi connectivity index (χ0v) is 10.7. The first-order valence-electron chi connectivity index (χ1n) is 5.87. The van der Waals surface area contributed by atoms with E-state index in [0.717, 1.165) is 12.2 Å². The number of amides is 1. The summed E-state index contributed by atoms with van der Waals surface area (Å²) >= 11 is 0. The average Bonchev–Trinajstić information content (AvgIpc) is 2.39. The van der Waals surface area contributed by atoms with E-state index in [0.29, 0.717) is 24.2 Å². The van der Waals surface area contributed by atoms with E-state index < -0.39 is 0 Å². The van der Waals surface area contributed by atoms with E-state index in [1.807, 2.05) is 11.8 Å². The lowest BCUT2D eigenvalue weighted by Crippen LogP contribution is -2.28. The number of anilines is 2. The molecule has 1 rings (SSSR count). The van der Waals surface area contributed by atoms with Gasteiger partial charge in [-0.1, -0.05) is 0 Å². The molecule has 5 heteroatoms. The van der Waals surface area contributed by atoms with Gasteiger partial charge in [0.1, 0.15) is 0 Å². The molecule has 0 unspecified atom stereocenters. The van der Waals surface area contributed by atoms with Gasteiger partial charge in [0.25, 0.3) is 5.91 Å². The summed E-state index contributed by atoms with van der Waals surface area (Å²) in [6.45, 7) is 3.28. The molecule has 0 atom stereocenters. The highest BCUT2D eigenvalue weighted by molar-refractivity contribution is 6.00. The first-order chi connectivity index (χ1) is 8.63. The zero-order chi connectivity index (χ0) is 13.5. The highest BCUT2D eigenvalue weighted by Gasteiger charge is 2.14. The number of nitrogens with one attached hydrogen (secondary N) is 1. The first kappa shape index (κ1) is 13.8. The number of nitrogens with zero attached hydrogens (tertiary/aromatic N) is 2. The van der Waals surface area contributed by atoms with Crippen LogP contribution in [0, 0.1) is 11.3 Å². The van der Waals surface area contributed by atoms with E-state index in [4.69, 9.17) is 11.0 Å². The summed E-state index contributed by atoms with van der Waals surface area (Å²) in [5, 5.41) is 11.3. The number of benzene rings is 1. The van der Waals surface area contributed by atoms with Crippen molar-refractivity contribution in [1.29, 1.82) is 5.26 Å². The van der Waals surface area contributed by atoms with Crippen LogP contribution < -0.4 is 16.0 Å². The third-order valence-electron chi connectivity index (χ3n) is 2.71. The van der Waals surface area contributed by atoms with Crippen molar-refractivity contribution in [2.45, 2.75) is 13.3 Å². The molecule has 0 saturated heterocycles. The number of hydrogen-bond acceptors (Lipinski definition) is 4. The Hall–Kier alpha value is -2.22. The molecular weight excluding hydrogens is 228 g/mol. The third kappa shape index (κ3) is 3.14. The molecule has 0 spiro atoms. The minimum absolute atomic E-state index is 0.152. The van der Waals surface area contributed by atoms with Crippen LogP contribution in [0.3, 0.4) is 0 Å². The van der Waals surface area contributed by atoms with Crippen LogP contribution >= 0.6 is 0 Å². The van der Waals surface area contributed by atoms with Crippen LogP contribution in [0.5, 0.6) is 0 Å². The maximum atomic E-state index is 11.8. The number of nitrogens with two attached hydrogens (primary N) is 1. The summed E-state index contributed by atoms with van der Waals surface area (Å²) in [6.07, 6.45) is 0.413. The van der Waals surface area contributed by atoms with E-state index in [1.165, 1.54) is 0 Å². The molecule has 1 aromatic rings. The lowest BCUT2D eigenvalue weighted by atomic mass is 10.1. The number of nitriles is 1. The highest BCUT2D eigenvalue weighted by atomic mass is 16.1. The van der Waals surface area contributed by atoms with Gasteiger partial charge >= 0.3 is 0 Å². The summed E-state index contributed by atoms with van der Waals surface area (Å²) in [5.74, 6) is -0.152. The molecule has 0 radical (unpaired) electrons. The van der Waals surface area contributed by atoms with Gasteiger partial charge in [0, 0.05) is 25.8 Å². The maximum absolute atomic E-state index is 11.8. The summed E-state index contributed by atoms with van der Waals surface area (Å²) in [6, 6.07) is 7.28. The van der Waals surface area contributed by atoms with Crippen molar-refractivity contribution in [1.82, 2.24) is 5.32 Å². The van der Waals surface area contributed by atoms with Gasteiger partial charge in [-0.25, -0.2) is 0 Å². The van der Waals surface area contributed by atoms with Crippen molar-refractivity contribution in [3.8, 4) is 6.07 Å². The Labute approximate surface area is 107 Å². The first-order valence-corrected chi connectivity index (χ1v) is 5.87. The van der Waals surface area contributed by atoms with Crippen LogP contribution in [0.1, 0.15) is 23.7 Å². The highest BCUT2D eigenvalue weighted by Crippen LogP contribution is 2.23. The fourth-order valence-electron chi connectivity index (χ4n) is 1.77. The predicted molar refractivity (Wildman–Crippen MR) is 72.4 cm³/mol. The monoisotopic (exact) mass is 246 g/mol. The fourth-order valence-corrected chi connectivity index (χ4v) is 1.77. The van der Waals surface area contributed by atoms with Crippen LogP contribution in [0.4, 0.5) is 11.4 Å². The Morgan fingerprint density at radius 2 is 2.28 bits per heavy atom. The van der Waals surface area contributed by atoms with Gasteiger partial charge in [0.2, 0.25) is 0 Å². The molecular formula is C13H18N4O. The number of carbonyl (C=O) groups excluding carboxylic acids is 1. The molecule has 18 heavy (non-hydrogen) atoms. The van der Waals surface area contributed by atoms with Crippen LogP contribution in [0.15, 0.2) is 18.2 Å². The molecule has 0 saturated carbocycles. The molecule has 0 fully saturated rings. The molecule has 1 amide bonds. The summed E-state index contributed by atoms with van der Waals surface area (Å²) in [5.41, 5.74) is 7.72. The predicted octanol–water partition coefficient (Wildman–Crippen LogP) is 1.37. The minimum Gasteiger partial charge on any atom is -0.399 e. The standard InChI is InChI=1S/C13H18N4O/c1-3-17(8-4-7-14)12-9-10(15)5-6-11(12)13(18)16-2/h5-6,9H,3-4,8,15H2,1-2H3,(H,16,18). The van der Waals surface area contributed by atoms with Crippen LogP contribution in [0.2, 0.25) is 0 Å². The molecule has 0 aliphatic rings. The average molecular weight is 246 g/mol. The molecule has 5 nitrogen and oxygen atoms in total. The number of hydrogen-bond donors (Lipinski definition) is 2. The molecule has 0 heterocycles. The Morgan fingerprint density at radius 1 is 1.56 bits per heavy atom. The SMILES string of the molecule is CCN(CCC#N)c1cc(N)ccc1C(=O)NC. The van der Waals surface area contributed by atoms with Gasteiger partial charge in [0.05, 0.1) is 23.7 Å². The van der Waals surface area contributed by atoms with Crippen LogP contribution in [-0.4, -0.2) is 26.0 Å². The number of carbonyl (C=O) groups is 1. The van der Waals surface area contributed by atoms with Crippen LogP contribution in [-0.2, 0) is 0 Å². The van der Waals surface area contributed by atoms with Gasteiger partial charge in [-0.15, -0.1) is 0 Å². The topological polar surface area (TPSA) is 82.2 Å². The van der Waals surface area contributed by atoms with E-state index >= 15 is 0 Å². The van der Waals surface area contributed by atoms with Gasteiger partial charge in [-0.05, 0) is 25.1 Å². The molecule has 0 aliphatic heterocycles. The van der Waals surface area contributed by atoms with Gasteiger partial charge < -0.3 is 16.0 Å². The van der Waals surface area contributed by atoms with Gasteiger partial charge in [0.15, 0.2) is 0 Å². The Kier molecular flexibility index (Phi) is 5.00. The van der Waals surface area contributed by atoms with E-state index in [2.05, 4.69) is 11.4 Å². The van der Waals surface area contributed by atoms with Crippen molar-refractivity contribution in [2.24, 2.45) is 0 Å². The lowest BCUT2D eigenvalue weighted by molar-refractivity contribution is 0.0963. The molecule has 0 aliphatic carbocycles. The quantitative estimate of drug-likeness (QED) is 0.769. The van der Waals surface area contributed by atoms with Crippen molar-refractivity contribution >= 4 is 17.3 Å². The van der Waals surface area contributed by atoms with Crippen LogP contribution in [0.25, 0.3) is 0 Å². The Balaban J connectivity index is 3.14. The molecule has 1 aromatic carbocycles. The Bertz CT molecular complexity index is 465. The van der Waals surface area contributed by atoms with Gasteiger partial charge in [-0.2, -0.15) is 5.26 Å². The second kappa shape index (κ2) is 6.50. The molecule has 96 valence electrons. The molecule has 0 bridgehead atoms. The lowest BCUT2D eigenvalue weighted by Gasteiger charge is -2.24. The number of rotatable bonds is 5. The summed E-state index contributed by atoms with van der Waals surface area (Å²) in [4.78, 5) is 13.8. The van der Waals surface area contributed by atoms with Gasteiger partial charge in [-0.3, -0.25) is 4.79 Å². The zero-order valence-electron chi connectivity index (χ0n) is 10.7. The minimum atomic E-state index is -0.152. The second-order valence-corrected chi connectivity index (χ2v) is 3.84. The summed E-state index contributed by atoms with van der Waals surface area (Å²) in [7, 11) is 1.59. The van der Waals surface area contributed by atoms with Crippen molar-refractivity contribution in [3.05, 3.63) is 23.8 Å². The summed E-state index contributed by atoms with van der Waals surface area (Å²) < 4.78 is 0. The molecule has 3 N–H and O–H groups in total. The largest absolute Gasteiger partial charge is 0.399 e. The van der Waals surface area contributed by atoms with E-state index in [9.17, 15) is 4.79 Å². The second-order valence-electron chi connectivity index (χ2n) is 3.84. The third-order valence-corrected chi connectivity index (χ3v) is 2.71. The van der Waals surface area contributed by atoms with Crippen molar-refractivity contribution in [3.63, 3.8) is 0 Å². The Morgan fingerprint density at radius 3 is 2.83 bits per heavy atom. The van der Waals surface area contributed by atoms with E-state index in [1.54, 1.807) is 25.2 Å². The fraction of sp³-hybridized carbons (Fsp3) is 0.385. The van der Waals surface area contributed by atoms with Crippen molar-refractivity contribution in [2.75, 3.05) is 30.8 Å². The normalized spacial score (nSPS) is 9.61.